The lowest BCUT2D eigenvalue weighted by atomic mass is 10.1. The number of fused-ring (bicyclic) bond motifs is 4. The molecular formula is C34H31BF3N10O10P2. The van der Waals surface area contributed by atoms with Gasteiger partial charge in [0.1, 0.15) is 51.1 Å². The maximum Gasteiger partial charge on any atom is 0.333 e. The summed E-state index contributed by atoms with van der Waals surface area (Å²) >= 11 is 0. The van der Waals surface area contributed by atoms with Crippen LogP contribution >= 0.6 is 16.4 Å². The van der Waals surface area contributed by atoms with Crippen molar-refractivity contribution in [3.05, 3.63) is 100 Å². The van der Waals surface area contributed by atoms with E-state index in [9.17, 15) is 14.0 Å². The lowest BCUT2D eigenvalue weighted by Crippen LogP contribution is -2.38. The molecule has 8 rings (SSSR count). The number of halogens is 3. The molecule has 3 radical (unpaired) electrons. The maximum absolute atomic E-state index is 16.9. The summed E-state index contributed by atoms with van der Waals surface area (Å²) in [5.74, 6) is -1.42. The molecule has 3 saturated heterocycles. The normalized spacial score (nSPS) is 29.5. The molecule has 3 fully saturated rings. The Hall–Kier alpha value is -4.97. The number of aromatic nitrogens is 7. The molecule has 311 valence electrons. The second kappa shape index (κ2) is 17.9. The standard InChI is InChI=1S/C34H30BF3N10O10P2/c1-39-8-10-51-59-52-13-20-27(24(38)33(55-20)47-12-19(36)22-29(47)42-16-44-32(22)50)58-60(35,53-11-9-40-2)54-14-21-26(57-59)23(37)34(56-21)48-17-45-25-28(41-15-43-30(25)48)46-31(49)18-6-4-3-5-7-18/h3-7,12,15-17,20-21,23-24,26-27,33-34H,8-11,13-14H2,(H-,41,42,43,44,46,49,50)/q-1/p+1/t20-,21-,23+,24+,26?,27?,33-,34-,59?,60?/m1/s1. The number of carbonyl (C=O) groups is 1. The van der Waals surface area contributed by atoms with Gasteiger partial charge in [0.15, 0.2) is 66.0 Å². The minimum absolute atomic E-state index is 0.0461. The number of alkyl halides is 2. The Bertz CT molecular complexity index is 2500. The van der Waals surface area contributed by atoms with Gasteiger partial charge >= 0.3 is 8.60 Å². The van der Waals surface area contributed by atoms with E-state index in [1.54, 1.807) is 30.3 Å². The highest BCUT2D eigenvalue weighted by molar-refractivity contribution is 7.85. The molecule has 1 amide bonds. The van der Waals surface area contributed by atoms with Gasteiger partial charge in [-0.3, -0.25) is 18.7 Å². The molecule has 5 aromatic rings. The van der Waals surface area contributed by atoms with Gasteiger partial charge in [-0.05, 0) is 12.1 Å². The van der Waals surface area contributed by atoms with Crippen LogP contribution in [0.3, 0.4) is 0 Å². The first-order valence-corrected chi connectivity index (χ1v) is 20.7. The molecule has 1 aromatic carbocycles. The van der Waals surface area contributed by atoms with Crippen molar-refractivity contribution in [2.75, 3.05) is 44.8 Å². The van der Waals surface area contributed by atoms with Gasteiger partial charge in [-0.2, -0.15) is 7.57 Å². The van der Waals surface area contributed by atoms with Crippen LogP contribution in [0.2, 0.25) is 0 Å². The van der Waals surface area contributed by atoms with Crippen LogP contribution in [-0.2, 0) is 36.6 Å². The number of benzene rings is 1. The van der Waals surface area contributed by atoms with Crippen molar-refractivity contribution >= 4 is 57.9 Å². The molecule has 0 aliphatic carbocycles. The monoisotopic (exact) mass is 869 g/mol. The minimum atomic E-state index is -4.16. The number of imidazole rings is 1. The second-order valence-electron chi connectivity index (χ2n) is 13.1. The summed E-state index contributed by atoms with van der Waals surface area (Å²) in [6, 6.07) is 8.37. The first-order valence-electron chi connectivity index (χ1n) is 18.0. The Balaban J connectivity index is 1.09. The van der Waals surface area contributed by atoms with Crippen molar-refractivity contribution < 1.29 is 54.6 Å². The number of carbonyl (C=O) groups excluding carboxylic acids is 1. The Morgan fingerprint density at radius 1 is 1.00 bits per heavy atom. The first-order chi connectivity index (χ1) is 29.1. The molecule has 60 heavy (non-hydrogen) atoms. The molecule has 7 heterocycles. The lowest BCUT2D eigenvalue weighted by Gasteiger charge is -2.36. The number of amides is 1. The fraction of sp³-hybridized carbons (Fsp3) is 0.412. The van der Waals surface area contributed by atoms with Crippen LogP contribution < -0.4 is 10.9 Å². The van der Waals surface area contributed by atoms with Crippen molar-refractivity contribution in [3.63, 3.8) is 0 Å². The van der Waals surface area contributed by atoms with Crippen molar-refractivity contribution in [3.8, 4) is 0 Å². The average Bonchev–Trinajstić information content (AvgIpc) is 3.99. The van der Waals surface area contributed by atoms with E-state index < -0.39 is 102 Å². The summed E-state index contributed by atoms with van der Waals surface area (Å²) in [7, 11) is -0.129. The van der Waals surface area contributed by atoms with Gasteiger partial charge in [0.2, 0.25) is 13.1 Å². The lowest BCUT2D eigenvalue weighted by molar-refractivity contribution is -0.0613. The van der Waals surface area contributed by atoms with Gasteiger partial charge in [0.25, 0.3) is 11.5 Å². The van der Waals surface area contributed by atoms with E-state index in [1.165, 1.54) is 10.9 Å². The number of rotatable bonds is 10. The average molecular weight is 869 g/mol. The molecule has 0 saturated carbocycles. The van der Waals surface area contributed by atoms with E-state index in [2.05, 4.69) is 39.9 Å². The number of anilines is 1. The van der Waals surface area contributed by atoms with Crippen LogP contribution in [0.25, 0.3) is 31.9 Å². The van der Waals surface area contributed by atoms with Crippen LogP contribution in [0.1, 0.15) is 22.8 Å². The summed E-state index contributed by atoms with van der Waals surface area (Å²) in [5, 5.41) is 2.25. The van der Waals surface area contributed by atoms with E-state index in [4.69, 9.17) is 57.3 Å². The third-order valence-electron chi connectivity index (χ3n) is 9.39. The van der Waals surface area contributed by atoms with Crippen molar-refractivity contribution in [2.24, 2.45) is 0 Å². The number of ether oxygens (including phenoxy) is 2. The number of aromatic amines is 1. The van der Waals surface area contributed by atoms with Crippen LogP contribution in [0.4, 0.5) is 19.0 Å². The molecule has 26 heteroatoms. The van der Waals surface area contributed by atoms with Gasteiger partial charge in [0, 0.05) is 11.8 Å². The first kappa shape index (κ1) is 41.8. The highest BCUT2D eigenvalue weighted by atomic mass is 31.2. The Labute approximate surface area is 340 Å². The molecule has 3 aliphatic rings. The van der Waals surface area contributed by atoms with Crippen LogP contribution in [0.5, 0.6) is 0 Å². The zero-order valence-corrected chi connectivity index (χ0v) is 32.6. The van der Waals surface area contributed by atoms with E-state index >= 15 is 8.78 Å². The van der Waals surface area contributed by atoms with Gasteiger partial charge in [-0.15, -0.1) is 0 Å². The zero-order valence-electron chi connectivity index (χ0n) is 30.8. The number of H-pyrrole nitrogens is 1. The summed E-state index contributed by atoms with van der Waals surface area (Å²) < 4.78 is 98.6. The number of hydrogen-bond acceptors (Lipinski definition) is 14. The summed E-state index contributed by atoms with van der Waals surface area (Å²) in [6.07, 6.45) is -8.93. The molecular weight excluding hydrogens is 838 g/mol. The molecule has 0 spiro atoms. The summed E-state index contributed by atoms with van der Waals surface area (Å²) in [4.78, 5) is 50.9. The Kier molecular flexibility index (Phi) is 12.5. The Morgan fingerprint density at radius 3 is 2.52 bits per heavy atom. The SMILES string of the molecule is [B-][P+]1(OCC[N+]#[C-])OC[C@H]2O[C@@H](n3cnc4c(NC(=O)c5ccccc5)ncnc43)[C@@H](F)C2OP(OCC[N+]#[C-])OC[C@H]2O[C@@H](n3cc(F)c4c(=O)[nH]cnc43)[C@@H](F)C2O1. The highest BCUT2D eigenvalue weighted by Crippen LogP contribution is 2.61. The molecule has 10 atom stereocenters. The Morgan fingerprint density at radius 2 is 1.73 bits per heavy atom. The molecule has 2 N–H and O–H groups in total. The van der Waals surface area contributed by atoms with Crippen molar-refractivity contribution in [1.29, 1.82) is 0 Å². The van der Waals surface area contributed by atoms with E-state index in [0.29, 0.717) is 5.56 Å². The molecule has 4 unspecified atom stereocenters. The molecule has 4 aromatic heterocycles. The molecule has 20 nitrogen and oxygen atoms in total. The van der Waals surface area contributed by atoms with Gasteiger partial charge in [-0.1, -0.05) is 18.2 Å². The van der Waals surface area contributed by atoms with Crippen molar-refractivity contribution in [2.45, 2.75) is 49.2 Å². The predicted molar refractivity (Wildman–Crippen MR) is 204 cm³/mol. The van der Waals surface area contributed by atoms with Crippen LogP contribution in [-0.4, -0.2) is 124 Å². The third kappa shape index (κ3) is 8.36. The zero-order chi connectivity index (χ0) is 42.0. The number of nitrogens with one attached hydrogen (secondary N) is 2. The molecule has 0 bridgehead atoms. The highest BCUT2D eigenvalue weighted by Gasteiger charge is 2.55. The minimum Gasteiger partial charge on any atom is -0.346 e. The van der Waals surface area contributed by atoms with E-state index in [0.717, 1.165) is 23.4 Å². The van der Waals surface area contributed by atoms with Crippen LogP contribution in [0.15, 0.2) is 60.3 Å². The van der Waals surface area contributed by atoms with E-state index in [1.807, 2.05) is 0 Å². The van der Waals surface area contributed by atoms with Crippen molar-refractivity contribution in [1.82, 2.24) is 34.1 Å². The third-order valence-corrected chi connectivity index (χ3v) is 12.1. The van der Waals surface area contributed by atoms with Gasteiger partial charge in [0.05, 0.1) is 19.3 Å². The summed E-state index contributed by atoms with van der Waals surface area (Å²) in [5.41, 5.74) is -0.482. The maximum atomic E-state index is 16.9. The largest absolute Gasteiger partial charge is 0.346 e. The number of nitrogens with zero attached hydrogens (tertiary/aromatic N) is 8. The van der Waals surface area contributed by atoms with E-state index in [-0.39, 0.29) is 48.9 Å². The topological polar surface area (TPSA) is 206 Å². The van der Waals surface area contributed by atoms with Gasteiger partial charge < -0.3 is 43.0 Å². The smallest absolute Gasteiger partial charge is 0.333 e. The van der Waals surface area contributed by atoms with Crippen LogP contribution in [0, 0.1) is 19.0 Å². The van der Waals surface area contributed by atoms with Gasteiger partial charge in [-0.25, -0.2) is 59.8 Å². The number of hydrogen-bond donors (Lipinski definition) is 2. The quantitative estimate of drug-likeness (QED) is 0.0875. The fourth-order valence-corrected chi connectivity index (χ4v) is 9.27. The fourth-order valence-electron chi connectivity index (χ4n) is 6.65. The molecule has 3 aliphatic heterocycles. The predicted octanol–water partition coefficient (Wildman–Crippen LogP) is 4.19. The summed E-state index contributed by atoms with van der Waals surface area (Å²) in [6.45, 7) is 12.4. The second-order valence-corrected chi connectivity index (χ2v) is 16.1.